The average Bonchev–Trinajstić information content (AvgIpc) is 3.34. The Morgan fingerprint density at radius 3 is 2.33 bits per heavy atom. The third-order valence-electron chi connectivity index (χ3n) is 5.82. The van der Waals surface area contributed by atoms with E-state index in [4.69, 9.17) is 4.42 Å². The molecule has 2 amide bonds. The van der Waals surface area contributed by atoms with Gasteiger partial charge in [-0.15, -0.1) is 0 Å². The number of aromatic nitrogens is 1. The number of para-hydroxylation sites is 1. The molecule has 0 saturated carbocycles. The van der Waals surface area contributed by atoms with Gasteiger partial charge in [0.15, 0.2) is 11.7 Å². The fourth-order valence-corrected chi connectivity index (χ4v) is 3.97. The van der Waals surface area contributed by atoms with Crippen LogP contribution in [0.15, 0.2) is 71.3 Å². The maximum atomic E-state index is 12.5. The first-order chi connectivity index (χ1) is 16.2. The summed E-state index contributed by atoms with van der Waals surface area (Å²) in [6.45, 7) is 3.45. The Bertz CT molecular complexity index is 1030. The number of hydrogen-bond acceptors (Lipinski definition) is 5. The van der Waals surface area contributed by atoms with Crippen molar-refractivity contribution >= 4 is 17.5 Å². The van der Waals surface area contributed by atoms with Gasteiger partial charge in [0.2, 0.25) is 11.8 Å². The van der Waals surface area contributed by atoms with Gasteiger partial charge in [-0.1, -0.05) is 48.5 Å². The molecule has 1 N–H and O–H groups in total. The zero-order valence-corrected chi connectivity index (χ0v) is 18.8. The average molecular weight is 447 g/mol. The molecule has 1 fully saturated rings. The predicted octanol–water partition coefficient (Wildman–Crippen LogP) is 3.52. The highest BCUT2D eigenvalue weighted by molar-refractivity contribution is 5.79. The molecule has 1 aromatic heterocycles. The molecule has 1 aliphatic rings. The second-order valence-corrected chi connectivity index (χ2v) is 8.14. The molecule has 0 spiro atoms. The Hall–Kier alpha value is -3.61. The zero-order valence-electron chi connectivity index (χ0n) is 18.8. The Labute approximate surface area is 194 Å². The van der Waals surface area contributed by atoms with Crippen LogP contribution in [0.2, 0.25) is 0 Å². The van der Waals surface area contributed by atoms with Gasteiger partial charge in [0.25, 0.3) is 0 Å². The van der Waals surface area contributed by atoms with Crippen LogP contribution in [0.3, 0.4) is 0 Å². The minimum Gasteiger partial charge on any atom is -0.441 e. The Morgan fingerprint density at radius 1 is 0.909 bits per heavy atom. The van der Waals surface area contributed by atoms with Gasteiger partial charge in [0.05, 0.1) is 6.20 Å². The van der Waals surface area contributed by atoms with Crippen LogP contribution in [0.4, 0.5) is 5.69 Å². The van der Waals surface area contributed by atoms with E-state index in [9.17, 15) is 9.59 Å². The molecule has 1 saturated heterocycles. The van der Waals surface area contributed by atoms with E-state index in [1.165, 1.54) is 5.69 Å². The Morgan fingerprint density at radius 2 is 1.61 bits per heavy atom. The van der Waals surface area contributed by atoms with E-state index in [0.29, 0.717) is 51.2 Å². The van der Waals surface area contributed by atoms with Crippen molar-refractivity contribution in [1.82, 2.24) is 15.2 Å². The van der Waals surface area contributed by atoms with Crippen molar-refractivity contribution in [2.45, 2.75) is 25.7 Å². The number of benzene rings is 2. The lowest BCUT2D eigenvalue weighted by atomic mass is 10.2. The summed E-state index contributed by atoms with van der Waals surface area (Å²) in [4.78, 5) is 33.1. The number of rotatable bonds is 9. The molecule has 0 aliphatic carbocycles. The summed E-state index contributed by atoms with van der Waals surface area (Å²) in [6.07, 6.45) is 3.68. The minimum absolute atomic E-state index is 0.0495. The summed E-state index contributed by atoms with van der Waals surface area (Å²) in [6, 6.07) is 20.1. The molecule has 1 aliphatic heterocycles. The number of aryl methyl sites for hydroxylation is 1. The summed E-state index contributed by atoms with van der Waals surface area (Å²) in [5.74, 6) is 1.41. The number of piperazine rings is 1. The second kappa shape index (κ2) is 11.3. The number of nitrogens with one attached hydrogen (secondary N) is 1. The molecule has 0 radical (unpaired) electrons. The monoisotopic (exact) mass is 446 g/mol. The fraction of sp³-hybridized carbons (Fsp3) is 0.346. The SMILES string of the molecule is O=C(CCCc1ncc(-c2ccccc2)o1)NCCC(=O)N1CCN(c2ccccc2)CC1. The first-order valence-corrected chi connectivity index (χ1v) is 11.5. The third-order valence-corrected chi connectivity index (χ3v) is 5.82. The highest BCUT2D eigenvalue weighted by Crippen LogP contribution is 2.20. The van der Waals surface area contributed by atoms with Crippen LogP contribution in [0.25, 0.3) is 11.3 Å². The summed E-state index contributed by atoms with van der Waals surface area (Å²) in [5.41, 5.74) is 2.18. The van der Waals surface area contributed by atoms with Gasteiger partial charge < -0.3 is 19.5 Å². The maximum absolute atomic E-state index is 12.5. The van der Waals surface area contributed by atoms with Gasteiger partial charge in [-0.2, -0.15) is 0 Å². The molecule has 33 heavy (non-hydrogen) atoms. The number of carbonyl (C=O) groups is 2. The van der Waals surface area contributed by atoms with Crippen molar-refractivity contribution in [3.63, 3.8) is 0 Å². The number of amides is 2. The molecule has 2 heterocycles. The lowest BCUT2D eigenvalue weighted by molar-refractivity contribution is -0.131. The van der Waals surface area contributed by atoms with Crippen LogP contribution in [-0.2, 0) is 16.0 Å². The van der Waals surface area contributed by atoms with E-state index in [-0.39, 0.29) is 11.8 Å². The molecule has 7 heteroatoms. The molecule has 0 bridgehead atoms. The van der Waals surface area contributed by atoms with Gasteiger partial charge >= 0.3 is 0 Å². The number of oxazole rings is 1. The van der Waals surface area contributed by atoms with Gasteiger partial charge in [-0.05, 0) is 18.6 Å². The van der Waals surface area contributed by atoms with Crippen molar-refractivity contribution in [3.05, 3.63) is 72.8 Å². The van der Waals surface area contributed by atoms with E-state index in [2.05, 4.69) is 27.3 Å². The smallest absolute Gasteiger partial charge is 0.224 e. The zero-order chi connectivity index (χ0) is 22.9. The molecule has 0 unspecified atom stereocenters. The van der Waals surface area contributed by atoms with E-state index in [1.54, 1.807) is 6.20 Å². The fourth-order valence-electron chi connectivity index (χ4n) is 3.97. The van der Waals surface area contributed by atoms with Crippen molar-refractivity contribution < 1.29 is 14.0 Å². The summed E-state index contributed by atoms with van der Waals surface area (Å²) >= 11 is 0. The van der Waals surface area contributed by atoms with E-state index >= 15 is 0 Å². The summed E-state index contributed by atoms with van der Waals surface area (Å²) < 4.78 is 5.77. The van der Waals surface area contributed by atoms with E-state index in [0.717, 1.165) is 24.4 Å². The number of carbonyl (C=O) groups excluding carboxylic acids is 2. The molecule has 3 aromatic rings. The quantitative estimate of drug-likeness (QED) is 0.544. The standard InChI is InChI=1S/C26H30N4O3/c31-24(12-7-13-25-28-20-23(33-25)21-8-3-1-4-9-21)27-15-14-26(32)30-18-16-29(17-19-30)22-10-5-2-6-11-22/h1-6,8-11,20H,7,12-19H2,(H,27,31). The van der Waals surface area contributed by atoms with Crippen LogP contribution in [0.5, 0.6) is 0 Å². The van der Waals surface area contributed by atoms with Crippen molar-refractivity contribution in [2.24, 2.45) is 0 Å². The van der Waals surface area contributed by atoms with Gasteiger partial charge in [0, 0.05) is 63.2 Å². The largest absolute Gasteiger partial charge is 0.441 e. The molecule has 2 aromatic carbocycles. The molecular formula is C26H30N4O3. The Kier molecular flexibility index (Phi) is 7.74. The van der Waals surface area contributed by atoms with Crippen LogP contribution in [0, 0.1) is 0 Å². The lowest BCUT2D eigenvalue weighted by Gasteiger charge is -2.36. The lowest BCUT2D eigenvalue weighted by Crippen LogP contribution is -2.49. The molecular weight excluding hydrogens is 416 g/mol. The summed E-state index contributed by atoms with van der Waals surface area (Å²) in [7, 11) is 0. The predicted molar refractivity (Wildman–Crippen MR) is 128 cm³/mol. The maximum Gasteiger partial charge on any atom is 0.224 e. The topological polar surface area (TPSA) is 78.7 Å². The van der Waals surface area contributed by atoms with Crippen molar-refractivity contribution in [2.75, 3.05) is 37.6 Å². The normalized spacial score (nSPS) is 13.7. The highest BCUT2D eigenvalue weighted by atomic mass is 16.4. The van der Waals surface area contributed by atoms with Gasteiger partial charge in [0.1, 0.15) is 0 Å². The second-order valence-electron chi connectivity index (χ2n) is 8.14. The van der Waals surface area contributed by atoms with Crippen LogP contribution < -0.4 is 10.2 Å². The number of anilines is 1. The third kappa shape index (κ3) is 6.44. The van der Waals surface area contributed by atoms with Crippen molar-refractivity contribution in [3.8, 4) is 11.3 Å². The molecule has 0 atom stereocenters. The van der Waals surface area contributed by atoms with E-state index < -0.39 is 0 Å². The van der Waals surface area contributed by atoms with Gasteiger partial charge in [-0.3, -0.25) is 9.59 Å². The van der Waals surface area contributed by atoms with E-state index in [1.807, 2.05) is 53.4 Å². The first-order valence-electron chi connectivity index (χ1n) is 11.5. The minimum atomic E-state index is -0.0495. The molecule has 4 rings (SSSR count). The summed E-state index contributed by atoms with van der Waals surface area (Å²) in [5, 5.41) is 2.86. The van der Waals surface area contributed by atoms with Crippen LogP contribution >= 0.6 is 0 Å². The molecule has 172 valence electrons. The van der Waals surface area contributed by atoms with Crippen LogP contribution in [0.1, 0.15) is 25.2 Å². The van der Waals surface area contributed by atoms with Gasteiger partial charge in [-0.25, -0.2) is 4.98 Å². The number of nitrogens with zero attached hydrogens (tertiary/aromatic N) is 3. The van der Waals surface area contributed by atoms with Crippen molar-refractivity contribution in [1.29, 1.82) is 0 Å². The first kappa shape index (κ1) is 22.6. The number of hydrogen-bond donors (Lipinski definition) is 1. The Balaban J connectivity index is 1.10. The van der Waals surface area contributed by atoms with Crippen LogP contribution in [-0.4, -0.2) is 54.4 Å². The molecule has 7 nitrogen and oxygen atoms in total. The highest BCUT2D eigenvalue weighted by Gasteiger charge is 2.21.